The number of hydrogen-bond donors (Lipinski definition) is 1. The average Bonchev–Trinajstić information content (AvgIpc) is 2.92. The van der Waals surface area contributed by atoms with E-state index in [2.05, 4.69) is 21.2 Å². The van der Waals surface area contributed by atoms with Crippen LogP contribution in [0.15, 0.2) is 27.6 Å². The van der Waals surface area contributed by atoms with Gasteiger partial charge in [-0.15, -0.1) is 0 Å². The molecule has 1 atom stereocenters. The number of rotatable bonds is 5. The lowest BCUT2D eigenvalue weighted by molar-refractivity contribution is 0.335. The molecule has 1 aliphatic rings. The molecule has 20 heavy (non-hydrogen) atoms. The molecular weight excluding hydrogens is 364 g/mol. The van der Waals surface area contributed by atoms with E-state index >= 15 is 0 Å². The van der Waals surface area contributed by atoms with E-state index in [0.717, 1.165) is 19.4 Å². The standard InChI is InChI=1S/C13H18BrClN2O2S/c1-2-8-17(10-6-7-16-9-10)20(18,19)12-5-3-4-11(15)13(12)14/h3-5,10,16H,2,6-9H2,1H3. The largest absolute Gasteiger partial charge is 0.315 e. The number of nitrogens with one attached hydrogen (secondary N) is 1. The van der Waals surface area contributed by atoms with Gasteiger partial charge in [-0.1, -0.05) is 24.6 Å². The quantitative estimate of drug-likeness (QED) is 0.853. The molecule has 0 amide bonds. The minimum absolute atomic E-state index is 0.0193. The van der Waals surface area contributed by atoms with Crippen molar-refractivity contribution in [1.82, 2.24) is 9.62 Å². The predicted octanol–water partition coefficient (Wildman–Crippen LogP) is 2.87. The zero-order valence-electron chi connectivity index (χ0n) is 11.3. The van der Waals surface area contributed by atoms with Crippen molar-refractivity contribution in [3.63, 3.8) is 0 Å². The molecule has 1 aliphatic heterocycles. The predicted molar refractivity (Wildman–Crippen MR) is 84.6 cm³/mol. The number of hydrogen-bond acceptors (Lipinski definition) is 3. The smallest absolute Gasteiger partial charge is 0.244 e. The van der Waals surface area contributed by atoms with Crippen LogP contribution in [0.25, 0.3) is 0 Å². The molecule has 1 unspecified atom stereocenters. The molecular formula is C13H18BrClN2O2S. The van der Waals surface area contributed by atoms with Crippen LogP contribution < -0.4 is 5.32 Å². The van der Waals surface area contributed by atoms with Gasteiger partial charge in [-0.3, -0.25) is 0 Å². The lowest BCUT2D eigenvalue weighted by Gasteiger charge is -2.27. The average molecular weight is 382 g/mol. The molecule has 2 rings (SSSR count). The van der Waals surface area contributed by atoms with Crippen LogP contribution >= 0.6 is 27.5 Å². The summed E-state index contributed by atoms with van der Waals surface area (Å²) >= 11 is 9.31. The third-order valence-corrected chi connectivity index (χ3v) is 7.04. The molecule has 0 spiro atoms. The number of halogens is 2. The Balaban J connectivity index is 2.42. The van der Waals surface area contributed by atoms with Gasteiger partial charge in [0.2, 0.25) is 10.0 Å². The monoisotopic (exact) mass is 380 g/mol. The summed E-state index contributed by atoms with van der Waals surface area (Å²) in [6, 6.07) is 4.95. The van der Waals surface area contributed by atoms with E-state index in [1.54, 1.807) is 22.5 Å². The molecule has 1 aromatic carbocycles. The van der Waals surface area contributed by atoms with Crippen LogP contribution in [0, 0.1) is 0 Å². The van der Waals surface area contributed by atoms with Crippen LogP contribution in [0.4, 0.5) is 0 Å². The van der Waals surface area contributed by atoms with Gasteiger partial charge in [0, 0.05) is 19.1 Å². The van der Waals surface area contributed by atoms with Crippen molar-refractivity contribution < 1.29 is 8.42 Å². The van der Waals surface area contributed by atoms with Crippen LogP contribution in [0.2, 0.25) is 5.02 Å². The van der Waals surface area contributed by atoms with Crippen LogP contribution in [0.3, 0.4) is 0 Å². The summed E-state index contributed by atoms with van der Waals surface area (Å²) in [4.78, 5) is 0.241. The molecule has 1 fully saturated rings. The second-order valence-corrected chi connectivity index (χ2v) is 7.87. The Morgan fingerprint density at radius 3 is 2.85 bits per heavy atom. The topological polar surface area (TPSA) is 49.4 Å². The molecule has 0 bridgehead atoms. The summed E-state index contributed by atoms with van der Waals surface area (Å²) in [6.45, 7) is 4.07. The van der Waals surface area contributed by atoms with E-state index < -0.39 is 10.0 Å². The van der Waals surface area contributed by atoms with Gasteiger partial charge in [0.25, 0.3) is 0 Å². The van der Waals surface area contributed by atoms with Crippen molar-refractivity contribution in [2.75, 3.05) is 19.6 Å². The second kappa shape index (κ2) is 6.75. The first-order valence-electron chi connectivity index (χ1n) is 6.65. The van der Waals surface area contributed by atoms with Crippen molar-refractivity contribution in [3.05, 3.63) is 27.7 Å². The van der Waals surface area contributed by atoms with Gasteiger partial charge in [-0.2, -0.15) is 4.31 Å². The Morgan fingerprint density at radius 1 is 1.50 bits per heavy atom. The summed E-state index contributed by atoms with van der Waals surface area (Å²) in [6.07, 6.45) is 1.63. The molecule has 1 saturated heterocycles. The van der Waals surface area contributed by atoms with Crippen LogP contribution in [0.5, 0.6) is 0 Å². The number of nitrogens with zero attached hydrogens (tertiary/aromatic N) is 1. The number of sulfonamides is 1. The fraction of sp³-hybridized carbons (Fsp3) is 0.538. The second-order valence-electron chi connectivity index (χ2n) is 4.81. The summed E-state index contributed by atoms with van der Waals surface area (Å²) in [5, 5.41) is 3.63. The highest BCUT2D eigenvalue weighted by atomic mass is 79.9. The zero-order valence-corrected chi connectivity index (χ0v) is 14.4. The van der Waals surface area contributed by atoms with Crippen molar-refractivity contribution in [2.45, 2.75) is 30.7 Å². The van der Waals surface area contributed by atoms with Gasteiger partial charge in [-0.25, -0.2) is 8.42 Å². The van der Waals surface area contributed by atoms with Crippen molar-refractivity contribution in [1.29, 1.82) is 0 Å². The molecule has 4 nitrogen and oxygen atoms in total. The highest BCUT2D eigenvalue weighted by molar-refractivity contribution is 9.10. The van der Waals surface area contributed by atoms with Crippen molar-refractivity contribution in [3.8, 4) is 0 Å². The Hall–Kier alpha value is -0.140. The van der Waals surface area contributed by atoms with Crippen molar-refractivity contribution >= 4 is 37.6 Å². The van der Waals surface area contributed by atoms with Gasteiger partial charge >= 0.3 is 0 Å². The molecule has 0 radical (unpaired) electrons. The van der Waals surface area contributed by atoms with Crippen LogP contribution in [0.1, 0.15) is 19.8 Å². The van der Waals surface area contributed by atoms with Crippen LogP contribution in [-0.2, 0) is 10.0 Å². The highest BCUT2D eigenvalue weighted by Crippen LogP contribution is 2.32. The summed E-state index contributed by atoms with van der Waals surface area (Å²) < 4.78 is 27.8. The van der Waals surface area contributed by atoms with Gasteiger partial charge in [0.05, 0.1) is 14.4 Å². The van der Waals surface area contributed by atoms with E-state index in [0.29, 0.717) is 22.6 Å². The summed E-state index contributed by atoms with van der Waals surface area (Å²) in [5.41, 5.74) is 0. The van der Waals surface area contributed by atoms with Gasteiger partial charge < -0.3 is 5.32 Å². The first-order chi connectivity index (χ1) is 9.48. The van der Waals surface area contributed by atoms with Crippen LogP contribution in [-0.4, -0.2) is 38.4 Å². The van der Waals surface area contributed by atoms with E-state index in [9.17, 15) is 8.42 Å². The fourth-order valence-corrected chi connectivity index (χ4v) is 5.36. The summed E-state index contributed by atoms with van der Waals surface area (Å²) in [7, 11) is -3.54. The Labute approximate surface area is 133 Å². The lowest BCUT2D eigenvalue weighted by atomic mass is 10.2. The fourth-order valence-electron chi connectivity index (χ4n) is 2.41. The lowest BCUT2D eigenvalue weighted by Crippen LogP contribution is -2.42. The van der Waals surface area contributed by atoms with E-state index in [1.165, 1.54) is 0 Å². The maximum Gasteiger partial charge on any atom is 0.244 e. The van der Waals surface area contributed by atoms with E-state index in [1.807, 2.05) is 6.92 Å². The van der Waals surface area contributed by atoms with Gasteiger partial charge in [-0.05, 0) is 47.4 Å². The van der Waals surface area contributed by atoms with Crippen molar-refractivity contribution in [2.24, 2.45) is 0 Å². The molecule has 0 saturated carbocycles. The highest BCUT2D eigenvalue weighted by Gasteiger charge is 2.33. The Bertz CT molecular complexity index is 574. The van der Waals surface area contributed by atoms with E-state index in [-0.39, 0.29) is 10.9 Å². The Morgan fingerprint density at radius 2 is 2.25 bits per heavy atom. The molecule has 0 aromatic heterocycles. The normalized spacial score (nSPS) is 19.7. The van der Waals surface area contributed by atoms with Gasteiger partial charge in [0.1, 0.15) is 0 Å². The SMILES string of the molecule is CCCN(C1CCNC1)S(=O)(=O)c1cccc(Cl)c1Br. The minimum Gasteiger partial charge on any atom is -0.315 e. The maximum atomic E-state index is 12.9. The molecule has 0 aliphatic carbocycles. The number of benzene rings is 1. The molecule has 1 N–H and O–H groups in total. The Kier molecular flexibility index (Phi) is 5.48. The molecule has 112 valence electrons. The third-order valence-electron chi connectivity index (χ3n) is 3.39. The molecule has 7 heteroatoms. The maximum absolute atomic E-state index is 12.9. The first-order valence-corrected chi connectivity index (χ1v) is 9.26. The third kappa shape index (κ3) is 3.20. The minimum atomic E-state index is -3.54. The zero-order chi connectivity index (χ0) is 14.8. The summed E-state index contributed by atoms with van der Waals surface area (Å²) in [5.74, 6) is 0. The molecule has 1 aromatic rings. The first kappa shape index (κ1) is 16.2. The van der Waals surface area contributed by atoms with Gasteiger partial charge in [0.15, 0.2) is 0 Å². The van der Waals surface area contributed by atoms with E-state index in [4.69, 9.17) is 11.6 Å². The molecule has 1 heterocycles.